The number of amides is 2. The van der Waals surface area contributed by atoms with Crippen LogP contribution in [0.1, 0.15) is 28.8 Å². The first-order valence-electron chi connectivity index (χ1n) is 9.55. The van der Waals surface area contributed by atoms with Crippen molar-refractivity contribution in [2.24, 2.45) is 0 Å². The molecule has 0 aliphatic carbocycles. The predicted octanol–water partition coefficient (Wildman–Crippen LogP) is 3.32. The van der Waals surface area contributed by atoms with Crippen molar-refractivity contribution in [2.45, 2.75) is 25.3 Å². The highest BCUT2D eigenvalue weighted by molar-refractivity contribution is 6.30. The number of ether oxygens (including phenoxy) is 2. The third-order valence-corrected chi connectivity index (χ3v) is 5.31. The Morgan fingerprint density at radius 1 is 1.03 bits per heavy atom. The smallest absolute Gasteiger partial charge is 0.253 e. The zero-order valence-corrected chi connectivity index (χ0v) is 17.4. The number of piperidine rings is 1. The standard InChI is InChI=1S/C22H25ClN2O4/c1-28-19-8-5-16(14-20(19)29-2)22(27)25-11-9-18(10-12-25)24-21(26)13-15-3-6-17(23)7-4-15/h3-8,14,18H,9-13H2,1-2H3,(H,24,26). The van der Waals surface area contributed by atoms with Gasteiger partial charge in [0.25, 0.3) is 5.91 Å². The van der Waals surface area contributed by atoms with Crippen LogP contribution in [0.4, 0.5) is 0 Å². The molecule has 0 spiro atoms. The predicted molar refractivity (Wildman–Crippen MR) is 112 cm³/mol. The van der Waals surface area contributed by atoms with Crippen LogP contribution in [0, 0.1) is 0 Å². The molecule has 0 bridgehead atoms. The van der Waals surface area contributed by atoms with Gasteiger partial charge in [0, 0.05) is 29.7 Å². The fraction of sp³-hybridized carbons (Fsp3) is 0.364. The summed E-state index contributed by atoms with van der Waals surface area (Å²) in [7, 11) is 3.11. The van der Waals surface area contributed by atoms with Gasteiger partial charge in [0.1, 0.15) is 0 Å². The second kappa shape index (κ2) is 9.65. The molecule has 1 N–H and O–H groups in total. The first kappa shape index (κ1) is 21.0. The summed E-state index contributed by atoms with van der Waals surface area (Å²) < 4.78 is 10.5. The normalized spacial score (nSPS) is 14.4. The third-order valence-electron chi connectivity index (χ3n) is 5.06. The molecule has 0 aromatic heterocycles. The van der Waals surface area contributed by atoms with E-state index in [-0.39, 0.29) is 17.9 Å². The van der Waals surface area contributed by atoms with Crippen molar-refractivity contribution in [2.75, 3.05) is 27.3 Å². The lowest BCUT2D eigenvalue weighted by Crippen LogP contribution is -2.46. The van der Waals surface area contributed by atoms with Crippen LogP contribution >= 0.6 is 11.6 Å². The molecule has 2 aromatic rings. The van der Waals surface area contributed by atoms with Crippen LogP contribution < -0.4 is 14.8 Å². The zero-order chi connectivity index (χ0) is 20.8. The van der Waals surface area contributed by atoms with Crippen molar-refractivity contribution in [1.82, 2.24) is 10.2 Å². The van der Waals surface area contributed by atoms with Crippen LogP contribution in [0.15, 0.2) is 42.5 Å². The maximum Gasteiger partial charge on any atom is 0.253 e. The Morgan fingerprint density at radius 2 is 1.69 bits per heavy atom. The van der Waals surface area contributed by atoms with E-state index >= 15 is 0 Å². The molecule has 154 valence electrons. The lowest BCUT2D eigenvalue weighted by atomic mass is 10.0. The maximum atomic E-state index is 12.8. The van der Waals surface area contributed by atoms with Crippen LogP contribution in [0.2, 0.25) is 5.02 Å². The zero-order valence-electron chi connectivity index (χ0n) is 16.6. The largest absolute Gasteiger partial charge is 0.493 e. The molecular formula is C22H25ClN2O4. The highest BCUT2D eigenvalue weighted by atomic mass is 35.5. The van der Waals surface area contributed by atoms with Crippen molar-refractivity contribution >= 4 is 23.4 Å². The molecule has 0 radical (unpaired) electrons. The van der Waals surface area contributed by atoms with E-state index < -0.39 is 0 Å². The molecule has 1 aliphatic rings. The van der Waals surface area contributed by atoms with Gasteiger partial charge in [-0.25, -0.2) is 0 Å². The van der Waals surface area contributed by atoms with E-state index in [2.05, 4.69) is 5.32 Å². The first-order chi connectivity index (χ1) is 14.0. The summed E-state index contributed by atoms with van der Waals surface area (Å²) in [5.41, 5.74) is 1.49. The summed E-state index contributed by atoms with van der Waals surface area (Å²) in [6.07, 6.45) is 1.78. The van der Waals surface area contributed by atoms with Gasteiger partial charge in [0.05, 0.1) is 20.6 Å². The van der Waals surface area contributed by atoms with E-state index in [1.165, 1.54) is 0 Å². The van der Waals surface area contributed by atoms with Crippen molar-refractivity contribution in [3.8, 4) is 11.5 Å². The molecule has 6 nitrogen and oxygen atoms in total. The fourth-order valence-electron chi connectivity index (χ4n) is 3.45. The van der Waals surface area contributed by atoms with Gasteiger partial charge in [-0.15, -0.1) is 0 Å². The summed E-state index contributed by atoms with van der Waals surface area (Å²) in [4.78, 5) is 26.9. The van der Waals surface area contributed by atoms with Crippen molar-refractivity contribution < 1.29 is 19.1 Å². The highest BCUT2D eigenvalue weighted by Crippen LogP contribution is 2.28. The molecule has 2 amide bonds. The SMILES string of the molecule is COc1ccc(C(=O)N2CCC(NC(=O)Cc3ccc(Cl)cc3)CC2)cc1OC. The number of nitrogens with one attached hydrogen (secondary N) is 1. The number of nitrogens with zero attached hydrogens (tertiary/aromatic N) is 1. The second-order valence-corrected chi connectivity index (χ2v) is 7.44. The molecule has 7 heteroatoms. The average molecular weight is 417 g/mol. The number of rotatable bonds is 6. The van der Waals surface area contributed by atoms with E-state index in [1.54, 1.807) is 44.6 Å². The van der Waals surface area contributed by atoms with Gasteiger partial charge in [-0.3, -0.25) is 9.59 Å². The minimum Gasteiger partial charge on any atom is -0.493 e. The summed E-state index contributed by atoms with van der Waals surface area (Å²) in [6.45, 7) is 1.19. The van der Waals surface area contributed by atoms with Gasteiger partial charge in [-0.2, -0.15) is 0 Å². The first-order valence-corrected chi connectivity index (χ1v) is 9.93. The van der Waals surface area contributed by atoms with Crippen LogP contribution in [0.3, 0.4) is 0 Å². The number of carbonyl (C=O) groups excluding carboxylic acids is 2. The van der Waals surface area contributed by atoms with E-state index in [4.69, 9.17) is 21.1 Å². The van der Waals surface area contributed by atoms with E-state index in [0.717, 1.165) is 18.4 Å². The molecule has 2 aromatic carbocycles. The van der Waals surface area contributed by atoms with Gasteiger partial charge in [0.2, 0.25) is 5.91 Å². The monoisotopic (exact) mass is 416 g/mol. The molecule has 29 heavy (non-hydrogen) atoms. The van der Waals surface area contributed by atoms with Crippen LogP contribution in [-0.2, 0) is 11.2 Å². The third kappa shape index (κ3) is 5.41. The molecule has 1 heterocycles. The van der Waals surface area contributed by atoms with Gasteiger partial charge >= 0.3 is 0 Å². The summed E-state index contributed by atoms with van der Waals surface area (Å²) in [6, 6.07) is 12.5. The molecule has 1 fully saturated rings. The lowest BCUT2D eigenvalue weighted by molar-refractivity contribution is -0.121. The van der Waals surface area contributed by atoms with E-state index in [0.29, 0.717) is 41.6 Å². The van der Waals surface area contributed by atoms with Crippen molar-refractivity contribution in [3.63, 3.8) is 0 Å². The molecule has 0 atom stereocenters. The average Bonchev–Trinajstić information content (AvgIpc) is 2.75. The Hall–Kier alpha value is -2.73. The lowest BCUT2D eigenvalue weighted by Gasteiger charge is -2.32. The molecule has 1 aliphatic heterocycles. The minimum absolute atomic E-state index is 0.0167. The number of hydrogen-bond acceptors (Lipinski definition) is 4. The Labute approximate surface area is 175 Å². The van der Waals surface area contributed by atoms with Crippen LogP contribution in [-0.4, -0.2) is 50.1 Å². The van der Waals surface area contributed by atoms with Gasteiger partial charge in [-0.1, -0.05) is 23.7 Å². The Morgan fingerprint density at radius 3 is 2.31 bits per heavy atom. The molecular weight excluding hydrogens is 392 g/mol. The van der Waals surface area contributed by atoms with Gasteiger partial charge in [0.15, 0.2) is 11.5 Å². The molecule has 3 rings (SSSR count). The molecule has 1 saturated heterocycles. The summed E-state index contributed by atoms with van der Waals surface area (Å²) >= 11 is 5.87. The van der Waals surface area contributed by atoms with Crippen molar-refractivity contribution in [3.05, 3.63) is 58.6 Å². The highest BCUT2D eigenvalue weighted by Gasteiger charge is 2.25. The van der Waals surface area contributed by atoms with E-state index in [9.17, 15) is 9.59 Å². The maximum absolute atomic E-state index is 12.8. The topological polar surface area (TPSA) is 67.9 Å². The van der Waals surface area contributed by atoms with E-state index in [1.807, 2.05) is 17.0 Å². The summed E-state index contributed by atoms with van der Waals surface area (Å²) in [5.74, 6) is 1.06. The Bertz CT molecular complexity index is 862. The molecule has 0 unspecified atom stereocenters. The van der Waals surface area contributed by atoms with Crippen LogP contribution in [0.5, 0.6) is 11.5 Å². The number of methoxy groups -OCH3 is 2. The summed E-state index contributed by atoms with van der Waals surface area (Å²) in [5, 5.41) is 3.72. The quantitative estimate of drug-likeness (QED) is 0.784. The fourth-order valence-corrected chi connectivity index (χ4v) is 3.57. The van der Waals surface area contributed by atoms with Crippen molar-refractivity contribution in [1.29, 1.82) is 0 Å². The number of halogens is 1. The second-order valence-electron chi connectivity index (χ2n) is 7.01. The molecule has 0 saturated carbocycles. The van der Waals surface area contributed by atoms with Gasteiger partial charge < -0.3 is 19.7 Å². The number of likely N-dealkylation sites (tertiary alicyclic amines) is 1. The minimum atomic E-state index is -0.0445. The number of hydrogen-bond donors (Lipinski definition) is 1. The van der Waals surface area contributed by atoms with Gasteiger partial charge in [-0.05, 0) is 48.7 Å². The Balaban J connectivity index is 1.51. The van der Waals surface area contributed by atoms with Crippen LogP contribution in [0.25, 0.3) is 0 Å². The number of benzene rings is 2. The Kier molecular flexibility index (Phi) is 6.99. The number of carbonyl (C=O) groups is 2.